The van der Waals surface area contributed by atoms with Crippen molar-refractivity contribution >= 4 is 13.7 Å². The Morgan fingerprint density at radius 2 is 1.85 bits per heavy atom. The number of aliphatic hydroxyl groups excluding tert-OH is 1. The molecule has 0 saturated carbocycles. The fourth-order valence-corrected chi connectivity index (χ4v) is 6.15. The third kappa shape index (κ3) is 6.35. The molecular weight excluding hydrogens is 557 g/mol. The van der Waals surface area contributed by atoms with Crippen LogP contribution < -0.4 is 20.9 Å². The lowest BCUT2D eigenvalue weighted by molar-refractivity contribution is -0.227. The zero-order valence-corrected chi connectivity index (χ0v) is 23.0. The first kappa shape index (κ1) is 28.9. The van der Waals surface area contributed by atoms with Crippen LogP contribution in [-0.2, 0) is 34.7 Å². The van der Waals surface area contributed by atoms with Crippen LogP contribution in [0.5, 0.6) is 5.75 Å². The number of esters is 1. The molecule has 3 aromatic rings. The van der Waals surface area contributed by atoms with E-state index in [0.29, 0.717) is 13.0 Å². The first-order valence-corrected chi connectivity index (χ1v) is 14.5. The van der Waals surface area contributed by atoms with E-state index in [0.717, 1.165) is 16.2 Å². The number of carbonyl (C=O) groups excluding carboxylic acids is 1. The molecule has 2 aromatic carbocycles. The highest BCUT2D eigenvalue weighted by atomic mass is 31.2. The van der Waals surface area contributed by atoms with Crippen molar-refractivity contribution in [3.63, 3.8) is 0 Å². The largest absolute Gasteiger partial charge is 0.460 e. The molecule has 3 heterocycles. The van der Waals surface area contributed by atoms with Crippen LogP contribution in [0.15, 0.2) is 82.5 Å². The molecule has 2 fully saturated rings. The lowest BCUT2D eigenvalue weighted by atomic mass is 9.86. The Bertz CT molecular complexity index is 1510. The number of rotatable bonds is 11. The van der Waals surface area contributed by atoms with Crippen LogP contribution in [0.1, 0.15) is 25.1 Å². The summed E-state index contributed by atoms with van der Waals surface area (Å²) >= 11 is 0. The van der Waals surface area contributed by atoms with Gasteiger partial charge in [0.15, 0.2) is 6.23 Å². The first-order chi connectivity index (χ1) is 19.7. The van der Waals surface area contributed by atoms with E-state index in [9.17, 15) is 24.1 Å². The van der Waals surface area contributed by atoms with Crippen LogP contribution in [0.25, 0.3) is 0 Å². The average molecular weight is 588 g/mol. The zero-order chi connectivity index (χ0) is 29.0. The van der Waals surface area contributed by atoms with Crippen molar-refractivity contribution < 1.29 is 37.7 Å². The maximum absolute atomic E-state index is 13.9. The van der Waals surface area contributed by atoms with E-state index >= 15 is 0 Å². The zero-order valence-electron chi connectivity index (χ0n) is 22.1. The fourth-order valence-electron chi connectivity index (χ4n) is 4.65. The first-order valence-electron chi connectivity index (χ1n) is 13.0. The van der Waals surface area contributed by atoms with Crippen molar-refractivity contribution in [2.45, 2.75) is 50.0 Å². The van der Waals surface area contributed by atoms with Crippen molar-refractivity contribution in [2.24, 2.45) is 0 Å². The maximum atomic E-state index is 13.9. The van der Waals surface area contributed by atoms with Crippen molar-refractivity contribution in [2.75, 3.05) is 13.2 Å². The minimum atomic E-state index is -4.26. The molecule has 13 nitrogen and oxygen atoms in total. The Balaban J connectivity index is 1.30. The topological polar surface area (TPSA) is 167 Å². The van der Waals surface area contributed by atoms with Crippen LogP contribution in [-0.4, -0.2) is 57.7 Å². The van der Waals surface area contributed by atoms with Crippen molar-refractivity contribution in [1.29, 1.82) is 0 Å². The number of H-pyrrole nitrogens is 1. The van der Waals surface area contributed by atoms with Gasteiger partial charge in [-0.05, 0) is 24.6 Å². The van der Waals surface area contributed by atoms with Gasteiger partial charge < -0.3 is 23.8 Å². The quantitative estimate of drug-likeness (QED) is 0.221. The third-order valence-electron chi connectivity index (χ3n) is 6.85. The Kier molecular flexibility index (Phi) is 8.55. The highest BCUT2D eigenvalue weighted by Gasteiger charge is 2.62. The fraction of sp³-hybridized carbons (Fsp3) is 0.370. The van der Waals surface area contributed by atoms with E-state index in [2.05, 4.69) is 10.1 Å². The van der Waals surface area contributed by atoms with Crippen LogP contribution in [0.4, 0.5) is 0 Å². The maximum Gasteiger partial charge on any atom is 0.459 e. The lowest BCUT2D eigenvalue weighted by Gasteiger charge is -2.44. The molecule has 0 aliphatic carbocycles. The van der Waals surface area contributed by atoms with Gasteiger partial charge in [0.2, 0.25) is 0 Å². The van der Waals surface area contributed by atoms with Gasteiger partial charge in [-0.25, -0.2) is 9.36 Å². The number of nitrogens with zero attached hydrogens (tertiary/aromatic N) is 1. The highest BCUT2D eigenvalue weighted by molar-refractivity contribution is 7.52. The molecule has 3 N–H and O–H groups in total. The van der Waals surface area contributed by atoms with Gasteiger partial charge in [-0.3, -0.25) is 23.7 Å². The number of aliphatic hydroxyl groups is 1. The summed E-state index contributed by atoms with van der Waals surface area (Å²) in [7, 11) is -4.26. The molecule has 41 heavy (non-hydrogen) atoms. The van der Waals surface area contributed by atoms with E-state index in [4.69, 9.17) is 23.3 Å². The predicted molar refractivity (Wildman–Crippen MR) is 144 cm³/mol. The van der Waals surface area contributed by atoms with Crippen molar-refractivity contribution in [3.05, 3.63) is 99.3 Å². The summed E-state index contributed by atoms with van der Waals surface area (Å²) in [5, 5.41) is 13.7. The molecule has 0 amide bonds. The van der Waals surface area contributed by atoms with E-state index in [1.807, 2.05) is 18.2 Å². The summed E-state index contributed by atoms with van der Waals surface area (Å²) in [6.45, 7) is 1.34. The molecule has 218 valence electrons. The molecule has 2 aliphatic rings. The van der Waals surface area contributed by atoms with Crippen molar-refractivity contribution in [1.82, 2.24) is 14.6 Å². The third-order valence-corrected chi connectivity index (χ3v) is 8.49. The number of hydrogen-bond acceptors (Lipinski definition) is 10. The molecule has 2 saturated heterocycles. The van der Waals surface area contributed by atoms with Gasteiger partial charge in [0.25, 0.3) is 5.56 Å². The smallest absolute Gasteiger partial charge is 0.459 e. The van der Waals surface area contributed by atoms with Gasteiger partial charge in [0.1, 0.15) is 36.2 Å². The number of benzene rings is 2. The number of nitrogens with one attached hydrogen (secondary N) is 2. The SMILES string of the molecule is CC(NP(=O)(OC[C@H]1O[C@@H](n2ccc(=O)[nH]c2=O)[C@@]2(CCO2)[C@@H]1O)Oc1ccccc1)C(=O)OCc1ccccc1. The molecule has 5 rings (SSSR count). The monoisotopic (exact) mass is 587 g/mol. The Hall–Kier alpha value is -3.58. The molecule has 2 aliphatic heterocycles. The van der Waals surface area contributed by atoms with Crippen LogP contribution >= 0.6 is 7.75 Å². The summed E-state index contributed by atoms with van der Waals surface area (Å²) in [4.78, 5) is 38.8. The average Bonchev–Trinajstić information content (AvgIpc) is 3.24. The number of aromatic nitrogens is 2. The normalized spacial score (nSPS) is 25.7. The summed E-state index contributed by atoms with van der Waals surface area (Å²) in [6.07, 6.45) is -1.86. The van der Waals surface area contributed by atoms with Gasteiger partial charge >= 0.3 is 19.4 Å². The second kappa shape index (κ2) is 12.1. The minimum absolute atomic E-state index is 0.0199. The Labute approximate surface area is 234 Å². The Morgan fingerprint density at radius 1 is 1.17 bits per heavy atom. The number of hydrogen-bond donors (Lipinski definition) is 3. The summed E-state index contributed by atoms with van der Waals surface area (Å²) < 4.78 is 43.4. The van der Waals surface area contributed by atoms with E-state index in [1.165, 1.54) is 13.1 Å². The minimum Gasteiger partial charge on any atom is -0.460 e. The van der Waals surface area contributed by atoms with E-state index in [1.54, 1.807) is 42.5 Å². The number of carbonyl (C=O) groups is 1. The van der Waals surface area contributed by atoms with Gasteiger partial charge in [0, 0.05) is 18.7 Å². The van der Waals surface area contributed by atoms with Gasteiger partial charge in [-0.15, -0.1) is 0 Å². The molecule has 14 heteroatoms. The van der Waals surface area contributed by atoms with E-state index in [-0.39, 0.29) is 12.4 Å². The molecule has 0 radical (unpaired) electrons. The van der Waals surface area contributed by atoms with Gasteiger partial charge in [-0.2, -0.15) is 5.09 Å². The summed E-state index contributed by atoms with van der Waals surface area (Å²) in [5.41, 5.74) is -1.82. The Morgan fingerprint density at radius 3 is 2.49 bits per heavy atom. The van der Waals surface area contributed by atoms with Crippen LogP contribution in [0, 0.1) is 0 Å². The molecular formula is C27H30N3O10P. The molecule has 1 spiro atoms. The van der Waals surface area contributed by atoms with Crippen LogP contribution in [0.3, 0.4) is 0 Å². The second-order valence-electron chi connectivity index (χ2n) is 9.68. The molecule has 6 atom stereocenters. The number of aromatic amines is 1. The van der Waals surface area contributed by atoms with Crippen molar-refractivity contribution in [3.8, 4) is 5.75 Å². The second-order valence-corrected chi connectivity index (χ2v) is 11.4. The van der Waals surface area contributed by atoms with Gasteiger partial charge in [-0.1, -0.05) is 48.5 Å². The number of para-hydroxylation sites is 1. The predicted octanol–water partition coefficient (Wildman–Crippen LogP) is 1.88. The summed E-state index contributed by atoms with van der Waals surface area (Å²) in [5.74, 6) is -0.483. The standard InChI is InChI=1S/C27H30N3O10P/c1-18(24(33)36-16-19-8-4-2-5-9-19)29-41(35,40-20-10-6-3-7-11-20)38-17-21-23(32)27(13-15-37-27)25(39-21)30-14-12-22(31)28-26(30)34/h2-12,14,18,21,23,25,32H,13,15-17H2,1H3,(H,29,35)(H,28,31,34)/t18?,21-,23-,25-,27-,41?/m1/s1. The summed E-state index contributed by atoms with van der Waals surface area (Å²) in [6, 6.07) is 17.3. The van der Waals surface area contributed by atoms with Gasteiger partial charge in [0.05, 0.1) is 13.2 Å². The number of ether oxygens (including phenoxy) is 3. The van der Waals surface area contributed by atoms with Crippen LogP contribution in [0.2, 0.25) is 0 Å². The molecule has 0 bridgehead atoms. The molecule has 2 unspecified atom stereocenters. The lowest BCUT2D eigenvalue weighted by Crippen LogP contribution is -2.57. The highest BCUT2D eigenvalue weighted by Crippen LogP contribution is 2.50. The molecule has 1 aromatic heterocycles. The van der Waals surface area contributed by atoms with E-state index < -0.39 is 61.7 Å².